The van der Waals surface area contributed by atoms with E-state index in [2.05, 4.69) is 15.4 Å². The lowest BCUT2D eigenvalue weighted by Crippen LogP contribution is -2.38. The van der Waals surface area contributed by atoms with Crippen molar-refractivity contribution in [2.24, 2.45) is 12.9 Å². The van der Waals surface area contributed by atoms with Gasteiger partial charge in [-0.15, -0.1) is 0 Å². The van der Waals surface area contributed by atoms with Crippen LogP contribution in [0.3, 0.4) is 0 Å². The lowest BCUT2D eigenvalue weighted by molar-refractivity contribution is -0.138. The molecule has 2 aliphatic rings. The highest BCUT2D eigenvalue weighted by Crippen LogP contribution is 2.41. The molecule has 0 spiro atoms. The van der Waals surface area contributed by atoms with Gasteiger partial charge in [0.2, 0.25) is 11.8 Å². The third-order valence-electron chi connectivity index (χ3n) is 7.29. The summed E-state index contributed by atoms with van der Waals surface area (Å²) in [4.78, 5) is 32.3. The van der Waals surface area contributed by atoms with Crippen molar-refractivity contribution in [2.75, 3.05) is 11.9 Å². The zero-order valence-electron chi connectivity index (χ0n) is 24.2. The minimum absolute atomic E-state index is 0.0427. The fraction of sp³-hybridized carbons (Fsp3) is 0.357. The van der Waals surface area contributed by atoms with Crippen molar-refractivity contribution in [3.05, 3.63) is 70.4 Å². The van der Waals surface area contributed by atoms with Gasteiger partial charge >= 0.3 is 6.18 Å². The van der Waals surface area contributed by atoms with Gasteiger partial charge in [-0.1, -0.05) is 24.9 Å². The minimum atomic E-state index is -4.87. The molecule has 5 rings (SSSR count). The molecule has 0 fully saturated rings. The molecular formula is C28H26ClF4N5O2. The molecule has 2 amide bonds. The number of carbonyl (C=O) groups is 2. The van der Waals surface area contributed by atoms with Gasteiger partial charge in [-0.05, 0) is 49.1 Å². The highest BCUT2D eigenvalue weighted by molar-refractivity contribution is 6.31. The maximum Gasteiger partial charge on any atom is 0.417 e. The summed E-state index contributed by atoms with van der Waals surface area (Å²) < 4.78 is 80.8. The Morgan fingerprint density at radius 3 is 2.73 bits per heavy atom. The van der Waals surface area contributed by atoms with Crippen LogP contribution in [0.15, 0.2) is 42.7 Å². The lowest BCUT2D eigenvalue weighted by atomic mass is 9.91. The van der Waals surface area contributed by atoms with Gasteiger partial charge in [0.25, 0.3) is 0 Å². The number of hydrogen-bond acceptors (Lipinski definition) is 4. The Kier molecular flexibility index (Phi) is 6.44. The van der Waals surface area contributed by atoms with Gasteiger partial charge < -0.3 is 10.2 Å². The van der Waals surface area contributed by atoms with Crippen LogP contribution in [0, 0.1) is 11.7 Å². The van der Waals surface area contributed by atoms with E-state index < -0.39 is 53.0 Å². The molecule has 0 saturated carbocycles. The summed E-state index contributed by atoms with van der Waals surface area (Å²) >= 11 is 5.81. The molecule has 2 bridgehead atoms. The number of amides is 2. The van der Waals surface area contributed by atoms with Crippen LogP contribution in [-0.2, 0) is 22.7 Å². The number of fused-ring (bicyclic) bond motifs is 4. The number of nitrogens with zero attached hydrogens (tertiary/aromatic N) is 4. The molecule has 1 aromatic carbocycles. The van der Waals surface area contributed by atoms with E-state index >= 15 is 0 Å². The molecule has 0 radical (unpaired) electrons. The molecule has 2 atom stereocenters. The SMILES string of the molecule is [2H]C([2H])([2H])n1ncc2c1-c1ccnc(c1)[C@@H](N1CCC(c3c(C(F)(F)F)ccc(Cl)c3F)=CC1=O)CCC[C@@H](C)C(=O)N2. The van der Waals surface area contributed by atoms with E-state index in [4.69, 9.17) is 15.7 Å². The zero-order valence-corrected chi connectivity index (χ0v) is 22.0. The minimum Gasteiger partial charge on any atom is -0.330 e. The number of aromatic nitrogens is 3. The summed E-state index contributed by atoms with van der Waals surface area (Å²) in [6, 6.07) is 4.01. The highest BCUT2D eigenvalue weighted by atomic mass is 35.5. The summed E-state index contributed by atoms with van der Waals surface area (Å²) in [5.41, 5.74) is -0.979. The van der Waals surface area contributed by atoms with Crippen molar-refractivity contribution < 1.29 is 31.3 Å². The average Bonchev–Trinajstić information content (AvgIpc) is 3.36. The van der Waals surface area contributed by atoms with Gasteiger partial charge in [0, 0.05) is 47.0 Å². The van der Waals surface area contributed by atoms with Crippen molar-refractivity contribution in [2.45, 2.75) is 44.8 Å². The van der Waals surface area contributed by atoms with Crippen LogP contribution in [-0.4, -0.2) is 38.0 Å². The van der Waals surface area contributed by atoms with Crippen molar-refractivity contribution in [1.29, 1.82) is 0 Å². The van der Waals surface area contributed by atoms with Gasteiger partial charge in [0.15, 0.2) is 0 Å². The van der Waals surface area contributed by atoms with E-state index in [0.29, 0.717) is 36.6 Å². The summed E-state index contributed by atoms with van der Waals surface area (Å²) in [6.07, 6.45) is 0.0188. The van der Waals surface area contributed by atoms with E-state index in [-0.39, 0.29) is 35.8 Å². The number of rotatable bonds is 2. The van der Waals surface area contributed by atoms with Crippen molar-refractivity contribution in [1.82, 2.24) is 19.7 Å². The molecule has 3 aromatic rings. The normalized spacial score (nSPS) is 21.7. The first-order valence-corrected chi connectivity index (χ1v) is 13.0. The van der Waals surface area contributed by atoms with Gasteiger partial charge in [-0.2, -0.15) is 18.3 Å². The van der Waals surface area contributed by atoms with Crippen LogP contribution < -0.4 is 5.32 Å². The molecule has 1 N–H and O–H groups in total. The van der Waals surface area contributed by atoms with Gasteiger partial charge in [-0.3, -0.25) is 19.3 Å². The Labute approximate surface area is 237 Å². The third kappa shape index (κ3) is 5.22. The predicted octanol–water partition coefficient (Wildman–Crippen LogP) is 6.41. The molecule has 7 nitrogen and oxygen atoms in total. The summed E-state index contributed by atoms with van der Waals surface area (Å²) in [5, 5.41) is 6.27. The Hall–Kier alpha value is -3.73. The Bertz CT molecular complexity index is 1620. The Morgan fingerprint density at radius 1 is 1.20 bits per heavy atom. The van der Waals surface area contributed by atoms with Crippen LogP contribution >= 0.6 is 11.6 Å². The molecule has 210 valence electrons. The lowest BCUT2D eigenvalue weighted by Gasteiger charge is -2.35. The number of aryl methyl sites for hydroxylation is 1. The first kappa shape index (κ1) is 24.1. The Morgan fingerprint density at radius 2 is 2.00 bits per heavy atom. The van der Waals surface area contributed by atoms with Crippen LogP contribution in [0.5, 0.6) is 0 Å². The van der Waals surface area contributed by atoms with Crippen LogP contribution in [0.2, 0.25) is 5.02 Å². The van der Waals surface area contributed by atoms with E-state index in [9.17, 15) is 27.2 Å². The van der Waals surface area contributed by atoms with Crippen LogP contribution in [0.4, 0.5) is 23.2 Å². The third-order valence-corrected chi connectivity index (χ3v) is 7.58. The summed E-state index contributed by atoms with van der Waals surface area (Å²) in [5.74, 6) is -2.69. The van der Waals surface area contributed by atoms with Crippen LogP contribution in [0.1, 0.15) is 59.6 Å². The van der Waals surface area contributed by atoms with E-state index in [1.54, 1.807) is 19.1 Å². The topological polar surface area (TPSA) is 80.1 Å². The highest BCUT2D eigenvalue weighted by Gasteiger charge is 2.38. The number of pyridine rings is 1. The van der Waals surface area contributed by atoms with Gasteiger partial charge in [-0.25, -0.2) is 4.39 Å². The molecule has 0 saturated heterocycles. The first-order valence-electron chi connectivity index (χ1n) is 14.1. The number of carbonyl (C=O) groups excluding carboxylic acids is 2. The summed E-state index contributed by atoms with van der Waals surface area (Å²) in [7, 11) is 0. The second kappa shape index (κ2) is 10.7. The Balaban J connectivity index is 1.57. The largest absolute Gasteiger partial charge is 0.417 e. The molecule has 40 heavy (non-hydrogen) atoms. The molecule has 4 heterocycles. The van der Waals surface area contributed by atoms with Crippen molar-refractivity contribution in [3.63, 3.8) is 0 Å². The second-order valence-electron chi connectivity index (χ2n) is 9.86. The maximum atomic E-state index is 14.9. The number of halogens is 5. The summed E-state index contributed by atoms with van der Waals surface area (Å²) in [6.45, 7) is -0.988. The second-order valence-corrected chi connectivity index (χ2v) is 10.3. The monoisotopic (exact) mass is 578 g/mol. The van der Waals surface area contributed by atoms with Gasteiger partial charge in [0.05, 0.1) is 39.9 Å². The number of anilines is 1. The fourth-order valence-electron chi connectivity index (χ4n) is 5.23. The number of alkyl halides is 3. The number of benzene rings is 1. The van der Waals surface area contributed by atoms with Gasteiger partial charge in [0.1, 0.15) is 5.82 Å². The molecule has 12 heteroatoms. The number of nitrogens with one attached hydrogen (secondary N) is 1. The smallest absolute Gasteiger partial charge is 0.330 e. The van der Waals surface area contributed by atoms with E-state index in [1.807, 2.05) is 0 Å². The predicted molar refractivity (Wildman–Crippen MR) is 142 cm³/mol. The van der Waals surface area contributed by atoms with E-state index in [1.165, 1.54) is 17.3 Å². The maximum absolute atomic E-state index is 14.9. The zero-order chi connectivity index (χ0) is 31.3. The molecule has 2 aromatic heterocycles. The van der Waals surface area contributed by atoms with E-state index in [0.717, 1.165) is 16.8 Å². The standard InChI is InChI=1S/C28H26ClF4N5O2/c1-15-4-3-5-22(20-12-17(8-10-34-20)26-21(36-27(15)40)14-35-37(26)2)38-11-9-16(13-23(38)39)24-18(28(31,32)33)6-7-19(29)25(24)30/h6-8,10,12-15,22H,3-5,9,11H2,1-2H3,(H,36,40)/t15-,22+/m1/s1/i2D3. The quantitative estimate of drug-likeness (QED) is 0.356. The number of hydrogen-bond donors (Lipinski definition) is 1. The molecule has 0 aliphatic carbocycles. The first-order chi connectivity index (χ1) is 20.2. The molecular weight excluding hydrogens is 550 g/mol. The molecule has 0 unspecified atom stereocenters. The fourth-order valence-corrected chi connectivity index (χ4v) is 5.38. The molecule has 2 aliphatic heterocycles. The van der Waals surface area contributed by atoms with Crippen molar-refractivity contribution in [3.8, 4) is 11.3 Å². The van der Waals surface area contributed by atoms with Crippen LogP contribution in [0.25, 0.3) is 16.8 Å². The van der Waals surface area contributed by atoms with Crippen molar-refractivity contribution >= 4 is 34.7 Å². The average molecular weight is 579 g/mol.